The lowest BCUT2D eigenvalue weighted by Gasteiger charge is -2.36. The van der Waals surface area contributed by atoms with Crippen LogP contribution in [0.4, 0.5) is 0 Å². The average Bonchev–Trinajstić information content (AvgIpc) is 2.44. The van der Waals surface area contributed by atoms with Crippen LogP contribution in [0.5, 0.6) is 0 Å². The predicted molar refractivity (Wildman–Crippen MR) is 93.8 cm³/mol. The van der Waals surface area contributed by atoms with E-state index in [2.05, 4.69) is 39.8 Å². The van der Waals surface area contributed by atoms with Crippen molar-refractivity contribution in [3.8, 4) is 0 Å². The van der Waals surface area contributed by atoms with E-state index in [9.17, 15) is 0 Å². The van der Waals surface area contributed by atoms with Crippen molar-refractivity contribution in [3.63, 3.8) is 0 Å². The van der Waals surface area contributed by atoms with Crippen molar-refractivity contribution in [2.24, 2.45) is 5.73 Å². The lowest BCUT2D eigenvalue weighted by Crippen LogP contribution is -2.45. The van der Waals surface area contributed by atoms with Crippen molar-refractivity contribution >= 4 is 27.5 Å². The number of halogens is 2. The summed E-state index contributed by atoms with van der Waals surface area (Å²) in [6.07, 6.45) is 3.50. The summed E-state index contributed by atoms with van der Waals surface area (Å²) in [6, 6.07) is 6.58. The number of nitrogens with two attached hydrogens (primary N) is 1. The zero-order chi connectivity index (χ0) is 15.4. The molecular formula is C16H25BrClN3. The molecule has 1 aromatic rings. The number of hydrogen-bond donors (Lipinski definition) is 1. The minimum atomic E-state index is -0.00521. The number of likely N-dealkylation sites (N-methyl/N-ethyl adjacent to an activating group) is 2. The number of nitrogens with zero attached hydrogens (tertiary/aromatic N) is 2. The summed E-state index contributed by atoms with van der Waals surface area (Å²) >= 11 is 9.70. The normalized spacial score (nSPS) is 21.7. The first-order valence-electron chi connectivity index (χ1n) is 7.56. The van der Waals surface area contributed by atoms with Gasteiger partial charge in [0.05, 0.1) is 0 Å². The molecule has 3 nitrogen and oxygen atoms in total. The minimum Gasteiger partial charge on any atom is -0.324 e. The summed E-state index contributed by atoms with van der Waals surface area (Å²) in [7, 11) is 4.41. The molecule has 2 unspecified atom stereocenters. The zero-order valence-corrected chi connectivity index (χ0v) is 15.2. The van der Waals surface area contributed by atoms with Crippen LogP contribution in [-0.4, -0.2) is 49.6 Å². The molecule has 0 spiro atoms. The van der Waals surface area contributed by atoms with Crippen molar-refractivity contribution in [3.05, 3.63) is 33.3 Å². The number of piperidine rings is 1. The van der Waals surface area contributed by atoms with Crippen LogP contribution in [0.1, 0.15) is 30.9 Å². The lowest BCUT2D eigenvalue weighted by molar-refractivity contribution is 0.132. The van der Waals surface area contributed by atoms with Gasteiger partial charge in [0.15, 0.2) is 0 Å². The molecule has 118 valence electrons. The van der Waals surface area contributed by atoms with Crippen LogP contribution in [0.2, 0.25) is 5.02 Å². The van der Waals surface area contributed by atoms with Crippen LogP contribution in [0, 0.1) is 0 Å². The summed E-state index contributed by atoms with van der Waals surface area (Å²) in [6.45, 7) is 3.38. The van der Waals surface area contributed by atoms with Crippen LogP contribution in [0.25, 0.3) is 0 Å². The summed E-state index contributed by atoms with van der Waals surface area (Å²) in [4.78, 5) is 4.86. The molecule has 1 aliphatic rings. The van der Waals surface area contributed by atoms with Gasteiger partial charge in [-0.05, 0) is 64.1 Å². The third-order valence-corrected chi connectivity index (χ3v) is 5.20. The first kappa shape index (κ1) is 17.2. The smallest absolute Gasteiger partial charge is 0.0464 e. The monoisotopic (exact) mass is 373 g/mol. The van der Waals surface area contributed by atoms with E-state index in [0.717, 1.165) is 34.6 Å². The molecule has 1 heterocycles. The molecule has 21 heavy (non-hydrogen) atoms. The minimum absolute atomic E-state index is 0.00521. The van der Waals surface area contributed by atoms with Gasteiger partial charge in [0.1, 0.15) is 0 Å². The number of hydrogen-bond acceptors (Lipinski definition) is 3. The maximum Gasteiger partial charge on any atom is 0.0464 e. The first-order valence-corrected chi connectivity index (χ1v) is 8.74. The Morgan fingerprint density at radius 3 is 2.95 bits per heavy atom. The van der Waals surface area contributed by atoms with Gasteiger partial charge in [-0.3, -0.25) is 0 Å². The second-order valence-electron chi connectivity index (χ2n) is 6.10. The molecule has 1 saturated heterocycles. The quantitative estimate of drug-likeness (QED) is 0.856. The Morgan fingerprint density at radius 2 is 2.29 bits per heavy atom. The molecule has 0 amide bonds. The molecule has 0 bridgehead atoms. The van der Waals surface area contributed by atoms with Gasteiger partial charge in [0.2, 0.25) is 0 Å². The van der Waals surface area contributed by atoms with Gasteiger partial charge in [0, 0.05) is 28.1 Å². The molecule has 2 rings (SSSR count). The van der Waals surface area contributed by atoms with Crippen LogP contribution in [0.3, 0.4) is 0 Å². The van der Waals surface area contributed by atoms with Gasteiger partial charge < -0.3 is 15.5 Å². The van der Waals surface area contributed by atoms with Gasteiger partial charge in [-0.15, -0.1) is 0 Å². The molecule has 0 aliphatic carbocycles. The molecule has 0 saturated carbocycles. The van der Waals surface area contributed by atoms with Gasteiger partial charge in [-0.2, -0.15) is 0 Å². The van der Waals surface area contributed by atoms with E-state index in [4.69, 9.17) is 17.3 Å². The molecule has 1 aromatic carbocycles. The summed E-state index contributed by atoms with van der Waals surface area (Å²) in [5, 5.41) is 0.747. The number of benzene rings is 1. The van der Waals surface area contributed by atoms with Crippen molar-refractivity contribution < 1.29 is 0 Å². The van der Waals surface area contributed by atoms with E-state index in [1.54, 1.807) is 0 Å². The van der Waals surface area contributed by atoms with Crippen molar-refractivity contribution in [2.75, 3.05) is 33.7 Å². The number of likely N-dealkylation sites (tertiary alicyclic amines) is 1. The molecule has 2 atom stereocenters. The fraction of sp³-hybridized carbons (Fsp3) is 0.625. The van der Waals surface area contributed by atoms with Crippen LogP contribution < -0.4 is 5.73 Å². The van der Waals surface area contributed by atoms with E-state index in [0.29, 0.717) is 6.04 Å². The Kier molecular flexibility index (Phi) is 6.51. The summed E-state index contributed by atoms with van der Waals surface area (Å²) < 4.78 is 0.991. The third kappa shape index (κ3) is 4.93. The summed E-state index contributed by atoms with van der Waals surface area (Å²) in [5.74, 6) is 0. The maximum absolute atomic E-state index is 6.31. The molecule has 2 N–H and O–H groups in total. The van der Waals surface area contributed by atoms with E-state index < -0.39 is 0 Å². The van der Waals surface area contributed by atoms with Crippen molar-refractivity contribution in [1.29, 1.82) is 0 Å². The molecular weight excluding hydrogens is 350 g/mol. The van der Waals surface area contributed by atoms with Crippen molar-refractivity contribution in [1.82, 2.24) is 9.80 Å². The van der Waals surface area contributed by atoms with Crippen LogP contribution in [-0.2, 0) is 0 Å². The SMILES string of the molecule is CN1CCCC(N(C)CCC(N)c2ccc(Br)cc2Cl)C1. The van der Waals surface area contributed by atoms with Crippen molar-refractivity contribution in [2.45, 2.75) is 31.3 Å². The maximum atomic E-state index is 6.31. The summed E-state index contributed by atoms with van der Waals surface area (Å²) in [5.41, 5.74) is 7.35. The van der Waals surface area contributed by atoms with Crippen LogP contribution >= 0.6 is 27.5 Å². The van der Waals surface area contributed by atoms with Crippen LogP contribution in [0.15, 0.2) is 22.7 Å². The standard InChI is InChI=1S/C16H25BrClN3/c1-20-8-3-4-13(11-20)21(2)9-7-16(19)14-6-5-12(17)10-15(14)18/h5-6,10,13,16H,3-4,7-9,11,19H2,1-2H3. The van der Waals surface area contributed by atoms with Gasteiger partial charge in [0.25, 0.3) is 0 Å². The Labute approximate surface area is 141 Å². The lowest BCUT2D eigenvalue weighted by atomic mass is 10.0. The largest absolute Gasteiger partial charge is 0.324 e. The first-order chi connectivity index (χ1) is 9.97. The van der Waals surface area contributed by atoms with Gasteiger partial charge in [-0.25, -0.2) is 0 Å². The highest BCUT2D eigenvalue weighted by atomic mass is 79.9. The highest BCUT2D eigenvalue weighted by Gasteiger charge is 2.21. The average molecular weight is 375 g/mol. The Morgan fingerprint density at radius 1 is 1.52 bits per heavy atom. The van der Waals surface area contributed by atoms with Gasteiger partial charge in [-0.1, -0.05) is 33.6 Å². The third-order valence-electron chi connectivity index (χ3n) is 4.38. The fourth-order valence-corrected chi connectivity index (χ4v) is 3.80. The topological polar surface area (TPSA) is 32.5 Å². The van der Waals surface area contributed by atoms with E-state index >= 15 is 0 Å². The zero-order valence-electron chi connectivity index (χ0n) is 12.9. The predicted octanol–water partition coefficient (Wildman–Crippen LogP) is 3.52. The molecule has 0 aromatic heterocycles. The van der Waals surface area contributed by atoms with E-state index in [-0.39, 0.29) is 6.04 Å². The Balaban J connectivity index is 1.86. The second kappa shape index (κ2) is 7.93. The fourth-order valence-electron chi connectivity index (χ4n) is 2.98. The Bertz CT molecular complexity index is 469. The molecule has 0 radical (unpaired) electrons. The van der Waals surface area contributed by atoms with Gasteiger partial charge >= 0.3 is 0 Å². The highest BCUT2D eigenvalue weighted by molar-refractivity contribution is 9.10. The molecule has 1 aliphatic heterocycles. The van der Waals surface area contributed by atoms with E-state index in [1.165, 1.54) is 19.4 Å². The second-order valence-corrected chi connectivity index (χ2v) is 7.42. The molecule has 5 heteroatoms. The molecule has 1 fully saturated rings. The highest BCUT2D eigenvalue weighted by Crippen LogP contribution is 2.27. The Hall–Kier alpha value is -0.130. The number of rotatable bonds is 5. The van der Waals surface area contributed by atoms with E-state index in [1.807, 2.05) is 18.2 Å².